The number of hydrogen-bond acceptors (Lipinski definition) is 0. The van der Waals surface area contributed by atoms with E-state index < -0.39 is 0 Å². The fourth-order valence-electron chi connectivity index (χ4n) is 0. The van der Waals surface area contributed by atoms with Crippen molar-refractivity contribution < 1.29 is 51.2 Å². The maximum absolute atomic E-state index is 0. The summed E-state index contributed by atoms with van der Waals surface area (Å²) in [6, 6.07) is 0. The molecule has 0 atom stereocenters. The Bertz CT molecular complexity index is 10.1. The molecule has 0 amide bonds. The average molecular weight is 504 g/mol. The van der Waals surface area contributed by atoms with Crippen molar-refractivity contribution in [1.29, 1.82) is 0 Å². The summed E-state index contributed by atoms with van der Waals surface area (Å²) in [7, 11) is 0. The fourth-order valence-corrected chi connectivity index (χ4v) is 0. The predicted octanol–water partition coefficient (Wildman–Crippen LogP) is -1.53. The minimum absolute atomic E-state index is 0. The van der Waals surface area contributed by atoms with Gasteiger partial charge in [0.05, 0.1) is 0 Å². The molecular weight excluding hydrogens is 504 g/mol. The Kier molecular flexibility index (Phi) is 478. The summed E-state index contributed by atoms with van der Waals surface area (Å²) >= 11 is 0. The van der Waals surface area contributed by atoms with Gasteiger partial charge in [-0.1, -0.05) is 0 Å². The maximum Gasteiger partial charge on any atom is 3.00 e. The van der Waals surface area contributed by atoms with Crippen molar-refractivity contribution in [3.63, 3.8) is 0 Å². The first kappa shape index (κ1) is 67.3. The van der Waals surface area contributed by atoms with E-state index >= 15 is 0 Å². The third kappa shape index (κ3) is 39.4. The zero-order valence-electron chi connectivity index (χ0n) is 3.05. The molecule has 0 heterocycles. The van der Waals surface area contributed by atoms with E-state index in [2.05, 4.69) is 0 Å². The Balaban J connectivity index is 0. The Morgan fingerprint density at radius 3 is 0.429 bits per heavy atom. The Morgan fingerprint density at radius 2 is 0.429 bits per heavy atom. The van der Waals surface area contributed by atoms with E-state index in [9.17, 15) is 0 Å². The van der Waals surface area contributed by atoms with Crippen molar-refractivity contribution in [2.45, 2.75) is 0 Å². The average Bonchev–Trinajstić information content (AvgIpc) is 0. The molecule has 0 aliphatic carbocycles. The van der Waals surface area contributed by atoms with Crippen LogP contribution in [0.15, 0.2) is 0 Å². The van der Waals surface area contributed by atoms with Crippen LogP contribution in [-0.2, 0) is 51.2 Å². The summed E-state index contributed by atoms with van der Waals surface area (Å²) in [5.74, 6) is 0. The molecule has 0 spiro atoms. The molecule has 0 nitrogen and oxygen atoms in total. The van der Waals surface area contributed by atoms with Gasteiger partial charge >= 0.3 is 77.0 Å². The molecule has 0 saturated carbocycles. The third-order valence-corrected chi connectivity index (χ3v) is 0. The van der Waals surface area contributed by atoms with E-state index in [1.54, 1.807) is 0 Å². The van der Waals surface area contributed by atoms with Crippen LogP contribution in [0.3, 0.4) is 0 Å². The molecular formula is As3InMn3. The molecule has 0 unspecified atom stereocenters. The van der Waals surface area contributed by atoms with Gasteiger partial charge in [-0.05, 0) is 0 Å². The van der Waals surface area contributed by atoms with Gasteiger partial charge in [0.1, 0.15) is 0 Å². The maximum atomic E-state index is 0. The third-order valence-electron chi connectivity index (χ3n) is 0. The quantitative estimate of drug-likeness (QED) is 0.352. The van der Waals surface area contributed by atoms with Gasteiger partial charge in [-0.25, -0.2) is 0 Å². The summed E-state index contributed by atoms with van der Waals surface area (Å²) in [5.41, 5.74) is 0. The molecule has 0 aliphatic rings. The smallest absolute Gasteiger partial charge is 3.00 e. The Hall–Kier alpha value is 4.10. The molecule has 0 rings (SSSR count). The molecule has 7 heteroatoms. The van der Waals surface area contributed by atoms with Crippen molar-refractivity contribution in [2.75, 3.05) is 0 Å². The molecule has 39 valence electrons. The van der Waals surface area contributed by atoms with Gasteiger partial charge in [-0.2, -0.15) is 0 Å². The predicted molar refractivity (Wildman–Crippen MR) is 23.0 cm³/mol. The van der Waals surface area contributed by atoms with E-state index in [0.717, 1.165) is 0 Å². The second kappa shape index (κ2) is 49.7. The molecule has 0 aromatic rings. The molecule has 3 radical (unpaired) electrons. The van der Waals surface area contributed by atoms with Crippen LogP contribution in [0.5, 0.6) is 0 Å². The van der Waals surface area contributed by atoms with Crippen molar-refractivity contribution >= 4 is 79.7 Å². The van der Waals surface area contributed by atoms with Gasteiger partial charge in [-0.15, -0.1) is 0 Å². The van der Waals surface area contributed by atoms with Crippen LogP contribution >= 0.6 is 0 Å². The van der Waals surface area contributed by atoms with Gasteiger partial charge in [-0.3, -0.25) is 0 Å². The second-order valence-corrected chi connectivity index (χ2v) is 0. The Morgan fingerprint density at radius 1 is 0.429 bits per heavy atom. The van der Waals surface area contributed by atoms with Crippen LogP contribution in [-0.4, -0.2) is 79.7 Å². The zero-order valence-corrected chi connectivity index (χ0v) is 15.5. The van der Waals surface area contributed by atoms with Crippen molar-refractivity contribution in [3.8, 4) is 0 Å². The van der Waals surface area contributed by atoms with E-state index in [-0.39, 0.29) is 131 Å². The SMILES string of the molecule is [As-3].[As-3].[As-3].[In+3].[Mn+2].[Mn+2].[Mn+2]. The van der Waals surface area contributed by atoms with Crippen LogP contribution in [0.2, 0.25) is 0 Å². The fraction of sp³-hybridized carbons (Fsp3) is 0. The molecule has 0 bridgehead atoms. The van der Waals surface area contributed by atoms with E-state index in [1.807, 2.05) is 0 Å². The van der Waals surface area contributed by atoms with Crippen LogP contribution in [0, 0.1) is 0 Å². The molecule has 0 fully saturated rings. The summed E-state index contributed by atoms with van der Waals surface area (Å²) in [6.45, 7) is 0. The van der Waals surface area contributed by atoms with Crippen LogP contribution in [0.4, 0.5) is 0 Å². The van der Waals surface area contributed by atoms with Crippen molar-refractivity contribution in [1.82, 2.24) is 0 Å². The molecule has 0 saturated heterocycles. The van der Waals surface area contributed by atoms with Gasteiger partial charge in [0.2, 0.25) is 0 Å². The largest absolute Gasteiger partial charge is 3.00 e. The summed E-state index contributed by atoms with van der Waals surface area (Å²) < 4.78 is 0. The Labute approximate surface area is 128 Å². The first-order valence-electron chi connectivity index (χ1n) is 0. The van der Waals surface area contributed by atoms with Crippen molar-refractivity contribution in [3.05, 3.63) is 0 Å². The van der Waals surface area contributed by atoms with Crippen LogP contribution in [0.25, 0.3) is 0 Å². The summed E-state index contributed by atoms with van der Waals surface area (Å²) in [4.78, 5) is 0. The monoisotopic (exact) mass is 504 g/mol. The first-order valence-corrected chi connectivity index (χ1v) is 0. The first-order chi connectivity index (χ1) is 0. The van der Waals surface area contributed by atoms with Gasteiger partial charge in [0.15, 0.2) is 0 Å². The number of rotatable bonds is 0. The van der Waals surface area contributed by atoms with Crippen LogP contribution in [0.1, 0.15) is 0 Å². The molecule has 0 aromatic carbocycles. The van der Waals surface area contributed by atoms with Crippen molar-refractivity contribution in [2.24, 2.45) is 0 Å². The van der Waals surface area contributed by atoms with E-state index in [4.69, 9.17) is 0 Å². The molecule has 0 N–H and O–H groups in total. The number of hydrogen-bond donors (Lipinski definition) is 0. The van der Waals surface area contributed by atoms with Gasteiger partial charge < -0.3 is 53.9 Å². The minimum Gasteiger partial charge on any atom is -3.00 e. The van der Waals surface area contributed by atoms with E-state index in [1.165, 1.54) is 0 Å². The molecule has 0 aliphatic heterocycles. The van der Waals surface area contributed by atoms with Gasteiger partial charge in [0, 0.05) is 0 Å². The van der Waals surface area contributed by atoms with Gasteiger partial charge in [0.25, 0.3) is 0 Å². The standard InChI is InChI=1S/3As.In.3Mn/q3*-3;+3;3*+2. The van der Waals surface area contributed by atoms with Crippen LogP contribution < -0.4 is 0 Å². The zero-order chi connectivity index (χ0) is 0. The second-order valence-electron chi connectivity index (χ2n) is 0. The minimum atomic E-state index is 0. The summed E-state index contributed by atoms with van der Waals surface area (Å²) in [5, 5.41) is 0. The molecule has 0 aromatic heterocycles. The van der Waals surface area contributed by atoms with E-state index in [0.29, 0.717) is 0 Å². The molecule has 7 heavy (non-hydrogen) atoms. The topological polar surface area (TPSA) is 0 Å². The normalized spacial score (nSPS) is 0. The summed E-state index contributed by atoms with van der Waals surface area (Å²) in [6.07, 6.45) is 0.